The minimum absolute atomic E-state index is 0.236. The number of hydrogen-bond donors (Lipinski definition) is 2. The van der Waals surface area contributed by atoms with Crippen LogP contribution in [0.5, 0.6) is 0 Å². The van der Waals surface area contributed by atoms with E-state index in [9.17, 15) is 8.42 Å². The van der Waals surface area contributed by atoms with Crippen LogP contribution in [0.25, 0.3) is 0 Å². The molecule has 0 saturated heterocycles. The lowest BCUT2D eigenvalue weighted by atomic mass is 9.83. The van der Waals surface area contributed by atoms with Crippen molar-refractivity contribution in [1.82, 2.24) is 4.72 Å². The van der Waals surface area contributed by atoms with Crippen molar-refractivity contribution in [3.63, 3.8) is 0 Å². The summed E-state index contributed by atoms with van der Waals surface area (Å²) in [5, 5.41) is 0. The molecule has 1 aliphatic carbocycles. The van der Waals surface area contributed by atoms with Crippen LogP contribution < -0.4 is 10.5 Å². The van der Waals surface area contributed by atoms with Crippen LogP contribution in [0.3, 0.4) is 0 Å². The van der Waals surface area contributed by atoms with Gasteiger partial charge in [-0.25, -0.2) is 13.1 Å². The van der Waals surface area contributed by atoms with Gasteiger partial charge in [0.05, 0.1) is 4.90 Å². The molecule has 20 heavy (non-hydrogen) atoms. The van der Waals surface area contributed by atoms with Gasteiger partial charge in [-0.2, -0.15) is 0 Å². The molecule has 0 atom stereocenters. The summed E-state index contributed by atoms with van der Waals surface area (Å²) in [4.78, 5) is 0.236. The molecule has 0 aromatic heterocycles. The third-order valence-electron chi connectivity index (χ3n) is 3.65. The molecule has 1 aromatic rings. The monoisotopic (exact) mass is 424 g/mol. The van der Waals surface area contributed by atoms with E-state index in [2.05, 4.69) is 36.6 Å². The molecule has 3 N–H and O–H groups in total. The first-order valence-electron chi connectivity index (χ1n) is 6.56. The van der Waals surface area contributed by atoms with Gasteiger partial charge < -0.3 is 5.73 Å². The standard InChI is InChI=1S/C13H18Br2N2O2S/c14-10-4-5-12(11(15)8-10)20(18,19)17-9-13(16)6-2-1-3-7-13/h4-5,8,17H,1-3,6-7,9,16H2. The zero-order valence-corrected chi connectivity index (χ0v) is 15.0. The lowest BCUT2D eigenvalue weighted by Gasteiger charge is -2.33. The SMILES string of the molecule is NC1(CNS(=O)(=O)c2ccc(Br)cc2Br)CCCCC1. The van der Waals surface area contributed by atoms with Crippen LogP contribution in [0.1, 0.15) is 32.1 Å². The van der Waals surface area contributed by atoms with Crippen LogP contribution in [-0.2, 0) is 10.0 Å². The molecule has 0 spiro atoms. The number of rotatable bonds is 4. The summed E-state index contributed by atoms with van der Waals surface area (Å²) in [5.41, 5.74) is 5.85. The number of nitrogens with one attached hydrogen (secondary N) is 1. The first kappa shape index (κ1) is 16.4. The highest BCUT2D eigenvalue weighted by Crippen LogP contribution is 2.28. The molecule has 2 rings (SSSR count). The van der Waals surface area contributed by atoms with Gasteiger partial charge in [-0.05, 0) is 47.0 Å². The summed E-state index contributed by atoms with van der Waals surface area (Å²) in [6, 6.07) is 4.99. The summed E-state index contributed by atoms with van der Waals surface area (Å²) in [6.07, 6.45) is 5.07. The quantitative estimate of drug-likeness (QED) is 0.778. The molecule has 7 heteroatoms. The average molecular weight is 426 g/mol. The molecule has 1 fully saturated rings. The fraction of sp³-hybridized carbons (Fsp3) is 0.538. The van der Waals surface area contributed by atoms with Gasteiger partial charge in [-0.3, -0.25) is 0 Å². The van der Waals surface area contributed by atoms with E-state index in [0.29, 0.717) is 4.47 Å². The predicted octanol–water partition coefficient (Wildman–Crippen LogP) is 3.15. The van der Waals surface area contributed by atoms with Crippen LogP contribution in [0.4, 0.5) is 0 Å². The first-order valence-corrected chi connectivity index (χ1v) is 9.63. The van der Waals surface area contributed by atoms with Gasteiger partial charge in [0.1, 0.15) is 0 Å². The van der Waals surface area contributed by atoms with E-state index in [4.69, 9.17) is 5.73 Å². The predicted molar refractivity (Wildman–Crippen MR) is 87.0 cm³/mol. The normalized spacial score (nSPS) is 18.9. The smallest absolute Gasteiger partial charge is 0.241 e. The van der Waals surface area contributed by atoms with Crippen molar-refractivity contribution in [2.75, 3.05) is 6.54 Å². The average Bonchev–Trinajstić information content (AvgIpc) is 2.37. The van der Waals surface area contributed by atoms with Crippen LogP contribution >= 0.6 is 31.9 Å². The second-order valence-corrected chi connectivity index (χ2v) is 8.83. The van der Waals surface area contributed by atoms with E-state index < -0.39 is 15.6 Å². The Morgan fingerprint density at radius 1 is 1.20 bits per heavy atom. The Balaban J connectivity index is 2.11. The number of halogens is 2. The minimum Gasteiger partial charge on any atom is -0.324 e. The zero-order chi connectivity index (χ0) is 14.8. The van der Waals surface area contributed by atoms with E-state index in [1.165, 1.54) is 6.42 Å². The Kier molecular flexibility index (Phi) is 5.29. The number of sulfonamides is 1. The van der Waals surface area contributed by atoms with Gasteiger partial charge >= 0.3 is 0 Å². The van der Waals surface area contributed by atoms with Gasteiger partial charge in [-0.15, -0.1) is 0 Å². The van der Waals surface area contributed by atoms with E-state index in [-0.39, 0.29) is 11.4 Å². The second kappa shape index (κ2) is 6.44. The Labute approximate surface area is 136 Å². The molecule has 0 bridgehead atoms. The summed E-state index contributed by atoms with van der Waals surface area (Å²) in [5.74, 6) is 0. The molecule has 4 nitrogen and oxygen atoms in total. The van der Waals surface area contributed by atoms with Crippen LogP contribution in [0.2, 0.25) is 0 Å². The molecule has 0 amide bonds. The van der Waals surface area contributed by atoms with Crippen LogP contribution in [0, 0.1) is 0 Å². The lowest BCUT2D eigenvalue weighted by Crippen LogP contribution is -2.51. The molecule has 0 radical (unpaired) electrons. The summed E-state index contributed by atoms with van der Waals surface area (Å²) in [7, 11) is -3.54. The van der Waals surface area contributed by atoms with Gasteiger partial charge in [0.25, 0.3) is 0 Å². The Hall–Kier alpha value is 0.0500. The Morgan fingerprint density at radius 2 is 1.85 bits per heavy atom. The van der Waals surface area contributed by atoms with E-state index in [0.717, 1.165) is 30.2 Å². The summed E-state index contributed by atoms with van der Waals surface area (Å²) < 4.78 is 28.7. The maximum absolute atomic E-state index is 12.3. The highest BCUT2D eigenvalue weighted by molar-refractivity contribution is 9.11. The van der Waals surface area contributed by atoms with Crippen molar-refractivity contribution in [2.45, 2.75) is 42.5 Å². The van der Waals surface area contributed by atoms with E-state index in [1.54, 1.807) is 18.2 Å². The van der Waals surface area contributed by atoms with Gasteiger partial charge in [0.15, 0.2) is 0 Å². The molecule has 1 saturated carbocycles. The molecular formula is C13H18Br2N2O2S. The van der Waals surface area contributed by atoms with E-state index >= 15 is 0 Å². The van der Waals surface area contributed by atoms with E-state index in [1.807, 2.05) is 0 Å². The summed E-state index contributed by atoms with van der Waals surface area (Å²) >= 11 is 6.59. The van der Waals surface area contributed by atoms with Crippen molar-refractivity contribution in [1.29, 1.82) is 0 Å². The highest BCUT2D eigenvalue weighted by Gasteiger charge is 2.29. The van der Waals surface area contributed by atoms with Gasteiger partial charge in [0, 0.05) is 21.0 Å². The first-order chi connectivity index (χ1) is 9.32. The van der Waals surface area contributed by atoms with Crippen LogP contribution in [0.15, 0.2) is 32.0 Å². The van der Waals surface area contributed by atoms with Crippen LogP contribution in [-0.4, -0.2) is 20.5 Å². The van der Waals surface area contributed by atoms with Gasteiger partial charge in [0.2, 0.25) is 10.0 Å². The topological polar surface area (TPSA) is 72.2 Å². The largest absolute Gasteiger partial charge is 0.324 e. The third kappa shape index (κ3) is 4.04. The number of hydrogen-bond acceptors (Lipinski definition) is 3. The fourth-order valence-electron chi connectivity index (χ4n) is 2.44. The summed E-state index contributed by atoms with van der Waals surface area (Å²) in [6.45, 7) is 0.290. The zero-order valence-electron chi connectivity index (χ0n) is 11.0. The molecular weight excluding hydrogens is 408 g/mol. The molecule has 112 valence electrons. The van der Waals surface area contributed by atoms with Crippen molar-refractivity contribution >= 4 is 41.9 Å². The number of nitrogens with two attached hydrogens (primary N) is 1. The second-order valence-electron chi connectivity index (χ2n) is 5.32. The molecule has 1 aliphatic rings. The molecule has 0 aliphatic heterocycles. The number of benzene rings is 1. The van der Waals surface area contributed by atoms with Crippen molar-refractivity contribution in [3.8, 4) is 0 Å². The lowest BCUT2D eigenvalue weighted by molar-refractivity contribution is 0.296. The molecule has 0 unspecified atom stereocenters. The maximum atomic E-state index is 12.3. The minimum atomic E-state index is -3.54. The van der Waals surface area contributed by atoms with Crippen molar-refractivity contribution in [3.05, 3.63) is 27.1 Å². The van der Waals surface area contributed by atoms with Crippen molar-refractivity contribution in [2.24, 2.45) is 5.73 Å². The van der Waals surface area contributed by atoms with Gasteiger partial charge in [-0.1, -0.05) is 35.2 Å². The fourth-order valence-corrected chi connectivity index (χ4v) is 5.32. The van der Waals surface area contributed by atoms with Crippen molar-refractivity contribution < 1.29 is 8.42 Å². The Morgan fingerprint density at radius 3 is 2.45 bits per heavy atom. The molecule has 0 heterocycles. The molecule has 1 aromatic carbocycles. The third-order valence-corrected chi connectivity index (χ3v) is 6.52. The Bertz CT molecular complexity index is 584. The maximum Gasteiger partial charge on any atom is 0.241 e. The highest BCUT2D eigenvalue weighted by atomic mass is 79.9.